The average Bonchev–Trinajstić information content (AvgIpc) is 2.87. The van der Waals surface area contributed by atoms with E-state index >= 15 is 0 Å². The van der Waals surface area contributed by atoms with Crippen molar-refractivity contribution in [3.8, 4) is 0 Å². The number of rotatable bonds is 3. The molecule has 2 heterocycles. The Kier molecular flexibility index (Phi) is 3.08. The molecule has 5 heteroatoms. The van der Waals surface area contributed by atoms with Crippen molar-refractivity contribution in [1.82, 2.24) is 15.0 Å². The highest BCUT2D eigenvalue weighted by atomic mass is 32.2. The number of aliphatic hydroxyl groups excluding tert-OH is 1. The van der Waals surface area contributed by atoms with Crippen LogP contribution in [-0.2, 0) is 6.54 Å². The third kappa shape index (κ3) is 1.79. The fraction of sp³-hybridized carbons (Fsp3) is 0.778. The molecular weight excluding hydrogens is 198 g/mol. The highest BCUT2D eigenvalue weighted by Crippen LogP contribution is 2.35. The Balaban J connectivity index is 2.12. The Bertz CT molecular complexity index is 296. The third-order valence-electron chi connectivity index (χ3n) is 2.57. The molecule has 1 aromatic rings. The Morgan fingerprint density at radius 1 is 1.79 bits per heavy atom. The molecule has 78 valence electrons. The Labute approximate surface area is 87.7 Å². The van der Waals surface area contributed by atoms with Crippen LogP contribution in [0, 0.1) is 0 Å². The van der Waals surface area contributed by atoms with E-state index in [0.717, 1.165) is 24.4 Å². The zero-order valence-electron chi connectivity index (χ0n) is 8.26. The fourth-order valence-corrected chi connectivity index (χ4v) is 3.07. The van der Waals surface area contributed by atoms with E-state index in [1.807, 2.05) is 18.7 Å². The summed E-state index contributed by atoms with van der Waals surface area (Å²) in [5, 5.41) is 18.2. The second-order valence-electron chi connectivity index (χ2n) is 3.47. The first-order chi connectivity index (χ1) is 6.83. The summed E-state index contributed by atoms with van der Waals surface area (Å²) in [6.45, 7) is 2.77. The van der Waals surface area contributed by atoms with E-state index in [2.05, 4.69) is 10.3 Å². The maximum absolute atomic E-state index is 10.1. The van der Waals surface area contributed by atoms with E-state index < -0.39 is 6.10 Å². The number of hydrogen-bond donors (Lipinski definition) is 1. The van der Waals surface area contributed by atoms with Gasteiger partial charge in [0, 0.05) is 11.8 Å². The van der Waals surface area contributed by atoms with Crippen molar-refractivity contribution < 1.29 is 5.11 Å². The van der Waals surface area contributed by atoms with Gasteiger partial charge in [-0.2, -0.15) is 11.8 Å². The van der Waals surface area contributed by atoms with Crippen LogP contribution in [0.5, 0.6) is 0 Å². The molecule has 4 nitrogen and oxygen atoms in total. The summed E-state index contributed by atoms with van der Waals surface area (Å²) in [7, 11) is 0. The summed E-state index contributed by atoms with van der Waals surface area (Å²) in [5.41, 5.74) is 0.854. The van der Waals surface area contributed by atoms with Gasteiger partial charge in [0.05, 0.1) is 11.9 Å². The van der Waals surface area contributed by atoms with Crippen LogP contribution >= 0.6 is 11.8 Å². The zero-order valence-corrected chi connectivity index (χ0v) is 9.07. The first-order valence-electron chi connectivity index (χ1n) is 5.01. The predicted molar refractivity (Wildman–Crippen MR) is 56.1 cm³/mol. The normalized spacial score (nSPS) is 24.0. The van der Waals surface area contributed by atoms with E-state index in [1.165, 1.54) is 6.42 Å². The minimum atomic E-state index is -0.405. The van der Waals surface area contributed by atoms with Gasteiger partial charge in [0.1, 0.15) is 6.10 Å². The largest absolute Gasteiger partial charge is 0.386 e. The zero-order chi connectivity index (χ0) is 9.97. The van der Waals surface area contributed by atoms with Crippen LogP contribution in [0.1, 0.15) is 31.6 Å². The molecule has 1 aliphatic rings. The minimum absolute atomic E-state index is 0.332. The lowest BCUT2D eigenvalue weighted by atomic mass is 10.1. The highest BCUT2D eigenvalue weighted by molar-refractivity contribution is 8.00. The van der Waals surface area contributed by atoms with E-state index in [4.69, 9.17) is 0 Å². The van der Waals surface area contributed by atoms with Gasteiger partial charge in [-0.15, -0.1) is 5.10 Å². The van der Waals surface area contributed by atoms with Crippen molar-refractivity contribution in [2.24, 2.45) is 0 Å². The molecule has 0 aliphatic carbocycles. The Morgan fingerprint density at radius 2 is 2.64 bits per heavy atom. The summed E-state index contributed by atoms with van der Waals surface area (Å²) in [5.74, 6) is 1.16. The summed E-state index contributed by atoms with van der Waals surface area (Å²) < 4.78 is 1.77. The molecule has 0 bridgehead atoms. The van der Waals surface area contributed by atoms with Crippen LogP contribution in [0.25, 0.3) is 0 Å². The summed E-state index contributed by atoms with van der Waals surface area (Å²) in [6.07, 6.45) is 3.57. The fourth-order valence-electron chi connectivity index (χ4n) is 1.78. The summed E-state index contributed by atoms with van der Waals surface area (Å²) in [6, 6.07) is 0. The third-order valence-corrected chi connectivity index (χ3v) is 4.01. The number of hydrogen-bond acceptors (Lipinski definition) is 4. The molecule has 14 heavy (non-hydrogen) atoms. The van der Waals surface area contributed by atoms with E-state index in [0.29, 0.717) is 5.25 Å². The highest BCUT2D eigenvalue weighted by Gasteiger charge is 2.27. The van der Waals surface area contributed by atoms with Crippen molar-refractivity contribution in [1.29, 1.82) is 0 Å². The lowest BCUT2D eigenvalue weighted by Crippen LogP contribution is -2.16. The van der Waals surface area contributed by atoms with Crippen molar-refractivity contribution in [3.63, 3.8) is 0 Å². The molecule has 1 saturated heterocycles. The van der Waals surface area contributed by atoms with Gasteiger partial charge in [-0.25, -0.2) is 4.68 Å². The first kappa shape index (κ1) is 9.98. The molecule has 2 rings (SSSR count). The molecule has 2 unspecified atom stereocenters. The number of aliphatic hydroxyl groups is 1. The van der Waals surface area contributed by atoms with E-state index in [1.54, 1.807) is 10.9 Å². The number of nitrogens with zero attached hydrogens (tertiary/aromatic N) is 3. The second kappa shape index (κ2) is 4.31. The van der Waals surface area contributed by atoms with E-state index in [9.17, 15) is 5.11 Å². The standard InChI is InChI=1S/C9H15N3OS/c1-2-12-7(6-10-11-12)9(13)8-4-3-5-14-8/h6,8-9,13H,2-5H2,1H3. The molecule has 0 aromatic carbocycles. The SMILES string of the molecule is CCn1nncc1C(O)C1CCCS1. The van der Waals surface area contributed by atoms with Gasteiger partial charge >= 0.3 is 0 Å². The van der Waals surface area contributed by atoms with Gasteiger partial charge in [0.15, 0.2) is 0 Å². The number of thioether (sulfide) groups is 1. The van der Waals surface area contributed by atoms with Crippen LogP contribution in [0.3, 0.4) is 0 Å². The molecular formula is C9H15N3OS. The minimum Gasteiger partial charge on any atom is -0.386 e. The van der Waals surface area contributed by atoms with Gasteiger partial charge < -0.3 is 5.11 Å². The van der Waals surface area contributed by atoms with Crippen LogP contribution < -0.4 is 0 Å². The number of aryl methyl sites for hydroxylation is 1. The Hall–Kier alpha value is -0.550. The maximum Gasteiger partial charge on any atom is 0.109 e. The van der Waals surface area contributed by atoms with Crippen molar-refractivity contribution >= 4 is 11.8 Å². The van der Waals surface area contributed by atoms with Crippen LogP contribution in [-0.4, -0.2) is 31.1 Å². The predicted octanol–water partition coefficient (Wildman–Crippen LogP) is 1.23. The lowest BCUT2D eigenvalue weighted by Gasteiger charge is -2.16. The molecule has 1 fully saturated rings. The van der Waals surface area contributed by atoms with Crippen LogP contribution in [0.2, 0.25) is 0 Å². The molecule has 0 saturated carbocycles. The van der Waals surface area contributed by atoms with Crippen molar-refractivity contribution in [2.75, 3.05) is 5.75 Å². The van der Waals surface area contributed by atoms with Crippen molar-refractivity contribution in [2.45, 2.75) is 37.7 Å². The van der Waals surface area contributed by atoms with Crippen LogP contribution in [0.15, 0.2) is 6.20 Å². The number of aromatic nitrogens is 3. The van der Waals surface area contributed by atoms with Gasteiger partial charge in [-0.05, 0) is 25.5 Å². The summed E-state index contributed by atoms with van der Waals surface area (Å²) in [4.78, 5) is 0. The average molecular weight is 213 g/mol. The second-order valence-corrected chi connectivity index (χ2v) is 4.82. The molecule has 1 aromatic heterocycles. The molecule has 0 amide bonds. The molecule has 0 radical (unpaired) electrons. The topological polar surface area (TPSA) is 50.9 Å². The van der Waals surface area contributed by atoms with Gasteiger partial charge in [-0.1, -0.05) is 5.21 Å². The lowest BCUT2D eigenvalue weighted by molar-refractivity contribution is 0.162. The van der Waals surface area contributed by atoms with Gasteiger partial charge in [-0.3, -0.25) is 0 Å². The Morgan fingerprint density at radius 3 is 3.29 bits per heavy atom. The quantitative estimate of drug-likeness (QED) is 0.820. The summed E-state index contributed by atoms with van der Waals surface area (Å²) >= 11 is 1.85. The monoisotopic (exact) mass is 213 g/mol. The van der Waals surface area contributed by atoms with Gasteiger partial charge in [0.2, 0.25) is 0 Å². The van der Waals surface area contributed by atoms with Crippen LogP contribution in [0.4, 0.5) is 0 Å². The molecule has 1 aliphatic heterocycles. The molecule has 0 spiro atoms. The maximum atomic E-state index is 10.1. The first-order valence-corrected chi connectivity index (χ1v) is 6.06. The van der Waals surface area contributed by atoms with Gasteiger partial charge in [0.25, 0.3) is 0 Å². The van der Waals surface area contributed by atoms with Crippen molar-refractivity contribution in [3.05, 3.63) is 11.9 Å². The molecule has 1 N–H and O–H groups in total. The van der Waals surface area contributed by atoms with E-state index in [-0.39, 0.29) is 0 Å². The smallest absolute Gasteiger partial charge is 0.109 e. The molecule has 2 atom stereocenters.